The van der Waals surface area contributed by atoms with E-state index in [1.165, 1.54) is 12.1 Å². The molecule has 1 aromatic carbocycles. The van der Waals surface area contributed by atoms with Crippen LogP contribution in [-0.2, 0) is 11.2 Å². The molecule has 1 fully saturated rings. The molecule has 7 nitrogen and oxygen atoms in total. The third-order valence-electron chi connectivity index (χ3n) is 5.27. The number of benzene rings is 1. The van der Waals surface area contributed by atoms with Gasteiger partial charge in [-0.15, -0.1) is 0 Å². The van der Waals surface area contributed by atoms with Gasteiger partial charge in [-0.3, -0.25) is 14.5 Å². The van der Waals surface area contributed by atoms with Gasteiger partial charge in [-0.2, -0.15) is 0 Å². The average molecular weight is 401 g/mol. The molecule has 1 aromatic heterocycles. The molecule has 29 heavy (non-hydrogen) atoms. The molecular formula is C21H24FN3O4. The molecule has 1 saturated heterocycles. The summed E-state index contributed by atoms with van der Waals surface area (Å²) in [4.78, 5) is 29.9. The van der Waals surface area contributed by atoms with Crippen LogP contribution < -0.4 is 10.1 Å². The SMILES string of the molecule is O=C(Nc1ccc(OCCN2CCOCC2)c(F)c1)c1c[nH]c2c1C(=O)CCC2. The van der Waals surface area contributed by atoms with Crippen molar-refractivity contribution < 1.29 is 23.5 Å². The van der Waals surface area contributed by atoms with Crippen LogP contribution in [0.2, 0.25) is 0 Å². The number of ether oxygens (including phenoxy) is 2. The van der Waals surface area contributed by atoms with E-state index in [0.29, 0.717) is 49.6 Å². The molecule has 1 aliphatic carbocycles. The van der Waals surface area contributed by atoms with Gasteiger partial charge in [-0.25, -0.2) is 4.39 Å². The quantitative estimate of drug-likeness (QED) is 0.778. The molecule has 2 aliphatic rings. The number of nitrogens with zero attached hydrogens (tertiary/aromatic N) is 1. The van der Waals surface area contributed by atoms with Gasteiger partial charge in [0.25, 0.3) is 5.91 Å². The number of hydrogen-bond acceptors (Lipinski definition) is 5. The topological polar surface area (TPSA) is 83.7 Å². The number of carbonyl (C=O) groups excluding carboxylic acids is 2. The standard InChI is InChI=1S/C21H24FN3O4/c22-16-12-14(4-5-19(16)29-11-8-25-6-9-28-10-7-25)24-21(27)15-13-23-17-2-1-3-18(26)20(15)17/h4-5,12-13,23H,1-3,6-11H2,(H,24,27). The molecule has 0 unspecified atom stereocenters. The summed E-state index contributed by atoms with van der Waals surface area (Å²) in [5.41, 5.74) is 1.86. The van der Waals surface area contributed by atoms with Crippen LogP contribution in [0.1, 0.15) is 39.3 Å². The molecule has 0 radical (unpaired) electrons. The van der Waals surface area contributed by atoms with Crippen LogP contribution in [0.5, 0.6) is 5.75 Å². The number of H-pyrrole nitrogens is 1. The van der Waals surface area contributed by atoms with Crippen LogP contribution in [0.15, 0.2) is 24.4 Å². The minimum Gasteiger partial charge on any atom is -0.489 e. The zero-order chi connectivity index (χ0) is 20.2. The Morgan fingerprint density at radius 1 is 1.28 bits per heavy atom. The first-order chi connectivity index (χ1) is 14.1. The number of morpholine rings is 1. The highest BCUT2D eigenvalue weighted by Gasteiger charge is 2.26. The second-order valence-electron chi connectivity index (χ2n) is 7.23. The number of aromatic nitrogens is 1. The molecular weight excluding hydrogens is 377 g/mol. The van der Waals surface area contributed by atoms with Crippen LogP contribution in [-0.4, -0.2) is 61.0 Å². The summed E-state index contributed by atoms with van der Waals surface area (Å²) in [7, 11) is 0. The van der Waals surface area contributed by atoms with Gasteiger partial charge in [0.2, 0.25) is 0 Å². The second kappa shape index (κ2) is 8.75. The number of rotatable bonds is 6. The first-order valence-corrected chi connectivity index (χ1v) is 9.89. The highest BCUT2D eigenvalue weighted by molar-refractivity contribution is 6.13. The zero-order valence-corrected chi connectivity index (χ0v) is 16.1. The van der Waals surface area contributed by atoms with Crippen molar-refractivity contribution in [2.45, 2.75) is 19.3 Å². The molecule has 0 atom stereocenters. The lowest BCUT2D eigenvalue weighted by atomic mass is 9.93. The minimum absolute atomic E-state index is 0.0344. The number of nitrogens with one attached hydrogen (secondary N) is 2. The van der Waals surface area contributed by atoms with E-state index < -0.39 is 11.7 Å². The summed E-state index contributed by atoms with van der Waals surface area (Å²) in [6.07, 6.45) is 3.52. The molecule has 2 heterocycles. The number of amides is 1. The number of aryl methyl sites for hydroxylation is 1. The summed E-state index contributed by atoms with van der Waals surface area (Å²) < 4.78 is 25.2. The van der Waals surface area contributed by atoms with Gasteiger partial charge in [0, 0.05) is 49.7 Å². The van der Waals surface area contributed by atoms with Gasteiger partial charge in [-0.05, 0) is 25.0 Å². The summed E-state index contributed by atoms with van der Waals surface area (Å²) in [5.74, 6) is -0.867. The van der Waals surface area contributed by atoms with E-state index >= 15 is 0 Å². The van der Waals surface area contributed by atoms with Crippen LogP contribution in [0.4, 0.5) is 10.1 Å². The van der Waals surface area contributed by atoms with Crippen molar-refractivity contribution in [3.8, 4) is 5.75 Å². The van der Waals surface area contributed by atoms with Crippen molar-refractivity contribution in [2.24, 2.45) is 0 Å². The van der Waals surface area contributed by atoms with Crippen molar-refractivity contribution in [1.82, 2.24) is 9.88 Å². The molecule has 4 rings (SSSR count). The van der Waals surface area contributed by atoms with Gasteiger partial charge < -0.3 is 19.8 Å². The van der Waals surface area contributed by atoms with Crippen LogP contribution >= 0.6 is 0 Å². The number of hydrogen-bond donors (Lipinski definition) is 2. The first kappa shape index (κ1) is 19.6. The number of carbonyl (C=O) groups is 2. The number of fused-ring (bicyclic) bond motifs is 1. The lowest BCUT2D eigenvalue weighted by Gasteiger charge is -2.26. The summed E-state index contributed by atoms with van der Waals surface area (Å²) in [6, 6.07) is 4.32. The maximum atomic E-state index is 14.4. The van der Waals surface area contributed by atoms with Crippen molar-refractivity contribution in [2.75, 3.05) is 44.8 Å². The van der Waals surface area contributed by atoms with Crippen LogP contribution in [0, 0.1) is 5.82 Å². The molecule has 1 amide bonds. The Bertz CT molecular complexity index is 905. The Balaban J connectivity index is 1.36. The summed E-state index contributed by atoms with van der Waals surface area (Å²) >= 11 is 0. The third kappa shape index (κ3) is 4.49. The van der Waals surface area contributed by atoms with E-state index in [4.69, 9.17) is 9.47 Å². The number of ketones is 1. The maximum Gasteiger partial charge on any atom is 0.257 e. The predicted octanol–water partition coefficient (Wildman–Crippen LogP) is 2.64. The average Bonchev–Trinajstić information content (AvgIpc) is 3.16. The molecule has 2 N–H and O–H groups in total. The summed E-state index contributed by atoms with van der Waals surface area (Å²) in [5, 5.41) is 2.66. The van der Waals surface area contributed by atoms with E-state index in [2.05, 4.69) is 15.2 Å². The Kier molecular flexibility index (Phi) is 5.92. The lowest BCUT2D eigenvalue weighted by molar-refractivity contribution is 0.0320. The number of halogens is 1. The van der Waals surface area contributed by atoms with Crippen molar-refractivity contribution >= 4 is 17.4 Å². The Hall–Kier alpha value is -2.71. The number of aromatic amines is 1. The van der Waals surface area contributed by atoms with Crippen LogP contribution in [0.3, 0.4) is 0 Å². The van der Waals surface area contributed by atoms with E-state index in [-0.39, 0.29) is 11.5 Å². The molecule has 8 heteroatoms. The van der Waals surface area contributed by atoms with Gasteiger partial charge >= 0.3 is 0 Å². The fraction of sp³-hybridized carbons (Fsp3) is 0.429. The lowest BCUT2D eigenvalue weighted by Crippen LogP contribution is -2.38. The van der Waals surface area contributed by atoms with Crippen LogP contribution in [0.25, 0.3) is 0 Å². The normalized spacial score (nSPS) is 17.1. The van der Waals surface area contributed by atoms with Gasteiger partial charge in [-0.1, -0.05) is 0 Å². The van der Waals surface area contributed by atoms with Crippen molar-refractivity contribution in [3.63, 3.8) is 0 Å². The van der Waals surface area contributed by atoms with Crippen molar-refractivity contribution in [1.29, 1.82) is 0 Å². The van der Waals surface area contributed by atoms with E-state index in [1.54, 1.807) is 12.3 Å². The maximum absolute atomic E-state index is 14.4. The molecule has 1 aliphatic heterocycles. The van der Waals surface area contributed by atoms with E-state index in [1.807, 2.05) is 0 Å². The van der Waals surface area contributed by atoms with Gasteiger partial charge in [0.05, 0.1) is 24.3 Å². The van der Waals surface area contributed by atoms with E-state index in [9.17, 15) is 14.0 Å². The largest absolute Gasteiger partial charge is 0.489 e. The molecule has 0 spiro atoms. The first-order valence-electron chi connectivity index (χ1n) is 9.89. The van der Waals surface area contributed by atoms with Crippen molar-refractivity contribution in [3.05, 3.63) is 47.0 Å². The molecule has 0 bridgehead atoms. The molecule has 154 valence electrons. The Morgan fingerprint density at radius 2 is 2.10 bits per heavy atom. The minimum atomic E-state index is -0.544. The highest BCUT2D eigenvalue weighted by atomic mass is 19.1. The number of anilines is 1. The Morgan fingerprint density at radius 3 is 2.90 bits per heavy atom. The Labute approximate surface area is 168 Å². The fourth-order valence-corrected chi connectivity index (χ4v) is 3.72. The molecule has 0 saturated carbocycles. The second-order valence-corrected chi connectivity index (χ2v) is 7.23. The summed E-state index contributed by atoms with van der Waals surface area (Å²) in [6.45, 7) is 4.19. The third-order valence-corrected chi connectivity index (χ3v) is 5.27. The number of Topliss-reactive ketones (excluding diaryl/α,β-unsaturated/α-hetero) is 1. The zero-order valence-electron chi connectivity index (χ0n) is 16.1. The fourth-order valence-electron chi connectivity index (χ4n) is 3.72. The smallest absolute Gasteiger partial charge is 0.257 e. The van der Waals surface area contributed by atoms with Gasteiger partial charge in [0.15, 0.2) is 17.3 Å². The monoisotopic (exact) mass is 401 g/mol. The predicted molar refractivity (Wildman–Crippen MR) is 105 cm³/mol. The van der Waals surface area contributed by atoms with E-state index in [0.717, 1.165) is 31.6 Å². The van der Waals surface area contributed by atoms with Gasteiger partial charge in [0.1, 0.15) is 6.61 Å². The molecule has 2 aromatic rings. The highest BCUT2D eigenvalue weighted by Crippen LogP contribution is 2.26.